The number of rotatable bonds is 15. The minimum atomic E-state index is -0.130. The lowest BCUT2D eigenvalue weighted by molar-refractivity contribution is -0.128. The van der Waals surface area contributed by atoms with E-state index in [1.165, 1.54) is 0 Å². The van der Waals surface area contributed by atoms with Gasteiger partial charge in [-0.05, 0) is 54.4 Å². The lowest BCUT2D eigenvalue weighted by Crippen LogP contribution is -2.37. The zero-order chi connectivity index (χ0) is 28.0. The fraction of sp³-hybridized carbons (Fsp3) is 0.571. The quantitative estimate of drug-likeness (QED) is 0.254. The summed E-state index contributed by atoms with van der Waals surface area (Å²) in [5, 5.41) is 0. The topological polar surface area (TPSA) is 81.2 Å². The number of carbonyl (C=O) groups excluding carboxylic acids is 4. The molecule has 0 aliphatic carbocycles. The molecule has 0 rings (SSSR count). The number of amides is 4. The number of carbonyl (C=O) groups is 4. The lowest BCUT2D eigenvalue weighted by atomic mass is 10.1. The maximum Gasteiger partial charge on any atom is 0.249 e. The van der Waals surface area contributed by atoms with Crippen LogP contribution < -0.4 is 0 Å². The number of hydrogen-bond donors (Lipinski definition) is 0. The number of nitrogens with zero attached hydrogens (tertiary/aromatic N) is 4. The third-order valence-electron chi connectivity index (χ3n) is 5.86. The van der Waals surface area contributed by atoms with Crippen LogP contribution >= 0.6 is 0 Å². The van der Waals surface area contributed by atoms with Crippen LogP contribution in [0.1, 0.15) is 54.4 Å². The van der Waals surface area contributed by atoms with Crippen molar-refractivity contribution in [3.8, 4) is 0 Å². The standard InChI is InChI=1S/C28H46N4O4/c1-11-31(26(34)22(5)6)19-14-20-32(12-2)28(36)24(8)16-15-23(7)27(35)30(10)18-13-17-29(9)25(33)21(3)4/h15-16H,3,5,11-14,17-20H2,1-2,4,6-10H3/b23-15-,24-16+. The Labute approximate surface area is 218 Å². The predicted molar refractivity (Wildman–Crippen MR) is 146 cm³/mol. The lowest BCUT2D eigenvalue weighted by Gasteiger charge is -2.25. The first kappa shape index (κ1) is 32.8. The van der Waals surface area contributed by atoms with Gasteiger partial charge in [-0.3, -0.25) is 19.2 Å². The van der Waals surface area contributed by atoms with Gasteiger partial charge in [-0.15, -0.1) is 0 Å². The van der Waals surface area contributed by atoms with E-state index < -0.39 is 0 Å². The van der Waals surface area contributed by atoms with Crippen molar-refractivity contribution in [2.75, 3.05) is 53.4 Å². The Morgan fingerprint density at radius 3 is 1.36 bits per heavy atom. The first-order chi connectivity index (χ1) is 16.8. The first-order valence-corrected chi connectivity index (χ1v) is 12.5. The Hall–Kier alpha value is -3.16. The second-order valence-corrected chi connectivity index (χ2v) is 9.19. The van der Waals surface area contributed by atoms with Crippen molar-refractivity contribution in [1.29, 1.82) is 0 Å². The van der Waals surface area contributed by atoms with Crippen LogP contribution in [0.5, 0.6) is 0 Å². The summed E-state index contributed by atoms with van der Waals surface area (Å²) in [7, 11) is 3.44. The molecule has 36 heavy (non-hydrogen) atoms. The van der Waals surface area contributed by atoms with Gasteiger partial charge in [-0.1, -0.05) is 25.3 Å². The molecular formula is C28H46N4O4. The number of likely N-dealkylation sites (N-methyl/N-ethyl adjacent to an activating group) is 4. The predicted octanol–water partition coefficient (Wildman–Crippen LogP) is 3.43. The summed E-state index contributed by atoms with van der Waals surface area (Å²) in [5.41, 5.74) is 2.05. The molecule has 0 spiro atoms. The molecule has 0 aromatic carbocycles. The van der Waals surface area contributed by atoms with Crippen LogP contribution in [0.15, 0.2) is 47.6 Å². The van der Waals surface area contributed by atoms with Crippen LogP contribution in [-0.4, -0.2) is 96.6 Å². The minimum absolute atomic E-state index is 0.0643. The summed E-state index contributed by atoms with van der Waals surface area (Å²) in [6.07, 6.45) is 4.66. The molecule has 0 fully saturated rings. The van der Waals surface area contributed by atoms with Crippen LogP contribution in [-0.2, 0) is 19.2 Å². The van der Waals surface area contributed by atoms with Gasteiger partial charge in [0, 0.05) is 75.7 Å². The molecule has 0 aliphatic rings. The van der Waals surface area contributed by atoms with E-state index in [4.69, 9.17) is 0 Å². The van der Waals surface area contributed by atoms with Crippen LogP contribution in [0.2, 0.25) is 0 Å². The molecule has 0 atom stereocenters. The molecule has 202 valence electrons. The van der Waals surface area contributed by atoms with Gasteiger partial charge in [-0.25, -0.2) is 0 Å². The Balaban J connectivity index is 4.92. The molecule has 8 heteroatoms. The molecule has 0 heterocycles. The Morgan fingerprint density at radius 1 is 0.583 bits per heavy atom. The molecule has 0 unspecified atom stereocenters. The van der Waals surface area contributed by atoms with Crippen molar-refractivity contribution in [2.45, 2.75) is 54.4 Å². The van der Waals surface area contributed by atoms with E-state index in [-0.39, 0.29) is 23.6 Å². The fourth-order valence-electron chi connectivity index (χ4n) is 3.55. The van der Waals surface area contributed by atoms with Gasteiger partial charge in [0.15, 0.2) is 0 Å². The summed E-state index contributed by atoms with van der Waals surface area (Å²) in [5.74, 6) is -0.392. The highest BCUT2D eigenvalue weighted by Crippen LogP contribution is 2.08. The molecule has 0 radical (unpaired) electrons. The van der Waals surface area contributed by atoms with E-state index >= 15 is 0 Å². The van der Waals surface area contributed by atoms with Crippen molar-refractivity contribution in [2.24, 2.45) is 0 Å². The van der Waals surface area contributed by atoms with Gasteiger partial charge in [0.1, 0.15) is 0 Å². The largest absolute Gasteiger partial charge is 0.342 e. The maximum atomic E-state index is 12.9. The van der Waals surface area contributed by atoms with Crippen molar-refractivity contribution in [1.82, 2.24) is 19.6 Å². The Kier molecular flexibility index (Phi) is 15.1. The van der Waals surface area contributed by atoms with Crippen LogP contribution in [0, 0.1) is 0 Å². The second kappa shape index (κ2) is 16.5. The summed E-state index contributed by atoms with van der Waals surface area (Å²) in [4.78, 5) is 56.2. The van der Waals surface area contributed by atoms with E-state index in [0.29, 0.717) is 74.4 Å². The summed E-state index contributed by atoms with van der Waals surface area (Å²) < 4.78 is 0. The van der Waals surface area contributed by atoms with Gasteiger partial charge >= 0.3 is 0 Å². The molecule has 0 saturated carbocycles. The average Bonchev–Trinajstić information content (AvgIpc) is 2.84. The highest BCUT2D eigenvalue weighted by atomic mass is 16.2. The third-order valence-corrected chi connectivity index (χ3v) is 5.86. The SMILES string of the molecule is C=C(C)C(=O)N(C)CCCN(C)C(=O)/C(C)=C\C=C(/C)C(=O)N(CC)CCCN(CC)C(=O)C(=C)C. The van der Waals surface area contributed by atoms with Gasteiger partial charge in [0.2, 0.25) is 23.6 Å². The molecule has 0 saturated heterocycles. The fourth-order valence-corrected chi connectivity index (χ4v) is 3.55. The normalized spacial score (nSPS) is 11.6. The average molecular weight is 503 g/mol. The van der Waals surface area contributed by atoms with Crippen molar-refractivity contribution < 1.29 is 19.2 Å². The smallest absolute Gasteiger partial charge is 0.249 e. The van der Waals surface area contributed by atoms with Gasteiger partial charge in [0.05, 0.1) is 0 Å². The molecule has 4 amide bonds. The van der Waals surface area contributed by atoms with Crippen LogP contribution in [0.25, 0.3) is 0 Å². The summed E-state index contributed by atoms with van der Waals surface area (Å²) in [6, 6.07) is 0. The first-order valence-electron chi connectivity index (χ1n) is 12.5. The number of allylic oxidation sites excluding steroid dienone is 2. The summed E-state index contributed by atoms with van der Waals surface area (Å²) in [6.45, 7) is 21.3. The summed E-state index contributed by atoms with van der Waals surface area (Å²) >= 11 is 0. The highest BCUT2D eigenvalue weighted by molar-refractivity contribution is 5.95. The Morgan fingerprint density at radius 2 is 0.944 bits per heavy atom. The van der Waals surface area contributed by atoms with Crippen molar-refractivity contribution in [3.05, 3.63) is 47.6 Å². The maximum absolute atomic E-state index is 12.9. The van der Waals surface area contributed by atoms with E-state index in [2.05, 4.69) is 13.2 Å². The molecule has 0 N–H and O–H groups in total. The molecule has 0 aromatic heterocycles. The third kappa shape index (κ3) is 11.1. The van der Waals surface area contributed by atoms with E-state index in [1.807, 2.05) is 13.8 Å². The molecule has 8 nitrogen and oxygen atoms in total. The minimum Gasteiger partial charge on any atom is -0.342 e. The van der Waals surface area contributed by atoms with E-state index in [9.17, 15) is 19.2 Å². The highest BCUT2D eigenvalue weighted by Gasteiger charge is 2.17. The molecular weight excluding hydrogens is 456 g/mol. The van der Waals surface area contributed by atoms with Gasteiger partial charge < -0.3 is 19.6 Å². The van der Waals surface area contributed by atoms with E-state index in [1.54, 1.807) is 73.5 Å². The molecule has 0 aromatic rings. The van der Waals surface area contributed by atoms with Crippen LogP contribution in [0.3, 0.4) is 0 Å². The Bertz CT molecular complexity index is 888. The van der Waals surface area contributed by atoms with Crippen molar-refractivity contribution in [3.63, 3.8) is 0 Å². The van der Waals surface area contributed by atoms with Gasteiger partial charge in [0.25, 0.3) is 0 Å². The molecule has 0 bridgehead atoms. The number of hydrogen-bond acceptors (Lipinski definition) is 4. The van der Waals surface area contributed by atoms with Gasteiger partial charge in [-0.2, -0.15) is 0 Å². The van der Waals surface area contributed by atoms with Crippen LogP contribution in [0.4, 0.5) is 0 Å². The monoisotopic (exact) mass is 502 g/mol. The zero-order valence-corrected chi connectivity index (χ0v) is 23.6. The second-order valence-electron chi connectivity index (χ2n) is 9.19. The van der Waals surface area contributed by atoms with Crippen molar-refractivity contribution >= 4 is 23.6 Å². The molecule has 0 aliphatic heterocycles. The van der Waals surface area contributed by atoms with E-state index in [0.717, 1.165) is 0 Å². The zero-order valence-electron chi connectivity index (χ0n) is 23.6.